The third kappa shape index (κ3) is 4.96. The highest BCUT2D eigenvalue weighted by atomic mass is 32.2. The molecule has 2 amide bonds. The van der Waals surface area contributed by atoms with Gasteiger partial charge in [-0.25, -0.2) is 13.1 Å². The zero-order chi connectivity index (χ0) is 20.9. The Morgan fingerprint density at radius 3 is 2.21 bits per heavy atom. The van der Waals surface area contributed by atoms with Gasteiger partial charge in [-0.15, -0.1) is 0 Å². The summed E-state index contributed by atoms with van der Waals surface area (Å²) in [6.07, 6.45) is 0. The molecule has 0 saturated carbocycles. The molecule has 0 aromatic heterocycles. The Balaban J connectivity index is 2.35. The molecule has 0 saturated heterocycles. The van der Waals surface area contributed by atoms with E-state index >= 15 is 0 Å². The van der Waals surface area contributed by atoms with Gasteiger partial charge in [-0.1, -0.05) is 19.1 Å². The smallest absolute Gasteiger partial charge is 0.255 e. The lowest BCUT2D eigenvalue weighted by molar-refractivity contribution is 0.0954. The Labute approximate surface area is 165 Å². The molecule has 0 bridgehead atoms. The molecule has 2 aromatic rings. The number of anilines is 1. The number of nitrogens with one attached hydrogen (secondary N) is 3. The van der Waals surface area contributed by atoms with E-state index in [-0.39, 0.29) is 22.9 Å². The van der Waals surface area contributed by atoms with Crippen LogP contribution < -0.4 is 15.4 Å². The van der Waals surface area contributed by atoms with Crippen molar-refractivity contribution in [1.29, 1.82) is 0 Å². The highest BCUT2D eigenvalue weighted by Crippen LogP contribution is 2.21. The number of carbonyl (C=O) groups excluding carboxylic acids is 2. The number of aryl methyl sites for hydroxylation is 2. The number of rotatable bonds is 7. The fourth-order valence-electron chi connectivity index (χ4n) is 2.64. The van der Waals surface area contributed by atoms with Crippen molar-refractivity contribution < 1.29 is 18.0 Å². The van der Waals surface area contributed by atoms with Crippen LogP contribution in [-0.2, 0) is 10.0 Å². The van der Waals surface area contributed by atoms with Gasteiger partial charge in [-0.3, -0.25) is 9.59 Å². The number of hydrogen-bond donors (Lipinski definition) is 3. The van der Waals surface area contributed by atoms with E-state index in [2.05, 4.69) is 15.4 Å². The minimum atomic E-state index is -3.67. The predicted molar refractivity (Wildman–Crippen MR) is 109 cm³/mol. The second kappa shape index (κ2) is 8.99. The van der Waals surface area contributed by atoms with Crippen LogP contribution in [0.2, 0.25) is 0 Å². The summed E-state index contributed by atoms with van der Waals surface area (Å²) in [4.78, 5) is 24.9. The molecule has 0 atom stereocenters. The largest absolute Gasteiger partial charge is 0.352 e. The van der Waals surface area contributed by atoms with Crippen molar-refractivity contribution in [2.75, 3.05) is 18.4 Å². The van der Waals surface area contributed by atoms with E-state index < -0.39 is 15.9 Å². The minimum Gasteiger partial charge on any atom is -0.352 e. The van der Waals surface area contributed by atoms with Gasteiger partial charge in [0.25, 0.3) is 11.8 Å². The van der Waals surface area contributed by atoms with Gasteiger partial charge in [0.1, 0.15) is 0 Å². The van der Waals surface area contributed by atoms with Crippen LogP contribution in [0.15, 0.2) is 41.3 Å². The first-order chi connectivity index (χ1) is 13.2. The van der Waals surface area contributed by atoms with Gasteiger partial charge in [0, 0.05) is 29.9 Å². The molecule has 2 rings (SSSR count). The summed E-state index contributed by atoms with van der Waals surface area (Å²) < 4.78 is 26.9. The fraction of sp³-hybridized carbons (Fsp3) is 0.300. The van der Waals surface area contributed by atoms with Crippen molar-refractivity contribution in [2.45, 2.75) is 32.6 Å². The molecule has 3 N–H and O–H groups in total. The van der Waals surface area contributed by atoms with Crippen LogP contribution in [0, 0.1) is 13.8 Å². The average Bonchev–Trinajstić information content (AvgIpc) is 2.63. The quantitative estimate of drug-likeness (QED) is 0.661. The molecular weight excluding hydrogens is 378 g/mol. The number of benzene rings is 2. The van der Waals surface area contributed by atoms with E-state index in [0.717, 1.165) is 5.56 Å². The maximum atomic E-state index is 12.8. The minimum absolute atomic E-state index is 0.0258. The molecule has 0 aliphatic carbocycles. The zero-order valence-electron chi connectivity index (χ0n) is 16.4. The molecule has 0 fully saturated rings. The molecule has 0 spiro atoms. The van der Waals surface area contributed by atoms with E-state index in [0.29, 0.717) is 23.4 Å². The van der Waals surface area contributed by atoms with Crippen molar-refractivity contribution in [3.05, 3.63) is 58.7 Å². The second-order valence-electron chi connectivity index (χ2n) is 6.32. The summed E-state index contributed by atoms with van der Waals surface area (Å²) >= 11 is 0. The van der Waals surface area contributed by atoms with Crippen LogP contribution in [0.25, 0.3) is 0 Å². The van der Waals surface area contributed by atoms with E-state index in [1.807, 2.05) is 13.8 Å². The summed E-state index contributed by atoms with van der Waals surface area (Å²) in [5.41, 5.74) is 2.61. The normalized spacial score (nSPS) is 11.1. The van der Waals surface area contributed by atoms with Gasteiger partial charge >= 0.3 is 0 Å². The molecule has 0 radical (unpaired) electrons. The topological polar surface area (TPSA) is 104 Å². The lowest BCUT2D eigenvalue weighted by Gasteiger charge is -2.13. The molecule has 7 nitrogen and oxygen atoms in total. The summed E-state index contributed by atoms with van der Waals surface area (Å²) in [7, 11) is -3.67. The van der Waals surface area contributed by atoms with Gasteiger partial charge < -0.3 is 10.6 Å². The monoisotopic (exact) mass is 403 g/mol. The lowest BCUT2D eigenvalue weighted by Crippen LogP contribution is -2.24. The molecule has 0 unspecified atom stereocenters. The molecule has 0 heterocycles. The Hall–Kier alpha value is -2.71. The third-order valence-electron chi connectivity index (χ3n) is 4.18. The van der Waals surface area contributed by atoms with Crippen LogP contribution in [0.5, 0.6) is 0 Å². The molecular formula is C20H25N3O4S. The predicted octanol–water partition coefficient (Wildman–Crippen LogP) is 2.60. The lowest BCUT2D eigenvalue weighted by atomic mass is 10.1. The molecule has 8 heteroatoms. The maximum absolute atomic E-state index is 12.8. The summed E-state index contributed by atoms with van der Waals surface area (Å²) in [5, 5.41) is 5.49. The second-order valence-corrected chi connectivity index (χ2v) is 8.09. The first-order valence-corrected chi connectivity index (χ1v) is 10.5. The molecule has 2 aromatic carbocycles. The SMILES string of the molecule is CCNC(=O)c1ccc(C)c(NC(=O)c2cc(S(=O)(=O)NCC)ccc2C)c1. The Kier molecular flexibility index (Phi) is 6.93. The molecule has 150 valence electrons. The van der Waals surface area contributed by atoms with E-state index in [1.54, 1.807) is 38.1 Å². The number of amides is 2. The van der Waals surface area contributed by atoms with E-state index in [1.165, 1.54) is 12.1 Å². The maximum Gasteiger partial charge on any atom is 0.255 e. The zero-order valence-corrected chi connectivity index (χ0v) is 17.2. The Morgan fingerprint density at radius 2 is 1.57 bits per heavy atom. The van der Waals surface area contributed by atoms with Crippen LogP contribution >= 0.6 is 0 Å². The first kappa shape index (κ1) is 21.6. The summed E-state index contributed by atoms with van der Waals surface area (Å²) in [5.74, 6) is -0.671. The van der Waals surface area contributed by atoms with Gasteiger partial charge in [0.2, 0.25) is 10.0 Å². The Morgan fingerprint density at radius 1 is 0.893 bits per heavy atom. The molecule has 28 heavy (non-hydrogen) atoms. The van der Waals surface area contributed by atoms with Crippen molar-refractivity contribution in [1.82, 2.24) is 10.0 Å². The van der Waals surface area contributed by atoms with Gasteiger partial charge in [0.05, 0.1) is 4.90 Å². The highest BCUT2D eigenvalue weighted by Gasteiger charge is 2.18. The van der Waals surface area contributed by atoms with Crippen molar-refractivity contribution in [3.63, 3.8) is 0 Å². The van der Waals surface area contributed by atoms with Gasteiger partial charge in [0.15, 0.2) is 0 Å². The van der Waals surface area contributed by atoms with Crippen LogP contribution in [0.4, 0.5) is 5.69 Å². The number of hydrogen-bond acceptors (Lipinski definition) is 4. The summed E-state index contributed by atoms with van der Waals surface area (Å²) in [6, 6.07) is 9.45. The van der Waals surface area contributed by atoms with Gasteiger partial charge in [-0.05, 0) is 56.2 Å². The van der Waals surface area contributed by atoms with Gasteiger partial charge in [-0.2, -0.15) is 0 Å². The third-order valence-corrected chi connectivity index (χ3v) is 5.73. The summed E-state index contributed by atoms with van der Waals surface area (Å²) in [6.45, 7) is 7.81. The van der Waals surface area contributed by atoms with Crippen LogP contribution in [-0.4, -0.2) is 33.3 Å². The molecule has 0 aliphatic heterocycles. The van der Waals surface area contributed by atoms with Crippen LogP contribution in [0.1, 0.15) is 45.7 Å². The molecule has 0 aliphatic rings. The number of sulfonamides is 1. The van der Waals surface area contributed by atoms with E-state index in [4.69, 9.17) is 0 Å². The average molecular weight is 404 g/mol. The van der Waals surface area contributed by atoms with Crippen molar-refractivity contribution >= 4 is 27.5 Å². The van der Waals surface area contributed by atoms with Crippen LogP contribution in [0.3, 0.4) is 0 Å². The highest BCUT2D eigenvalue weighted by molar-refractivity contribution is 7.89. The Bertz CT molecular complexity index is 1000. The first-order valence-electron chi connectivity index (χ1n) is 9.00. The standard InChI is InChI=1S/C20H25N3O4S/c1-5-21-19(24)15-9-7-14(4)18(11-15)23-20(25)17-12-16(10-8-13(17)3)28(26,27)22-6-2/h7-12,22H,5-6H2,1-4H3,(H,21,24)(H,23,25). The van der Waals surface area contributed by atoms with E-state index in [9.17, 15) is 18.0 Å². The fourth-order valence-corrected chi connectivity index (χ4v) is 3.70. The van der Waals surface area contributed by atoms with Crippen molar-refractivity contribution in [2.24, 2.45) is 0 Å². The van der Waals surface area contributed by atoms with Crippen molar-refractivity contribution in [3.8, 4) is 0 Å². The number of carbonyl (C=O) groups is 2.